The smallest absolute Gasteiger partial charge is 0.264 e. The van der Waals surface area contributed by atoms with Crippen LogP contribution in [0.1, 0.15) is 30.9 Å². The van der Waals surface area contributed by atoms with E-state index in [0.29, 0.717) is 17.4 Å². The summed E-state index contributed by atoms with van der Waals surface area (Å²) in [6.07, 6.45) is -0.994. The van der Waals surface area contributed by atoms with Crippen molar-refractivity contribution in [2.75, 3.05) is 24.0 Å². The number of para-hydroxylation sites is 1. The second kappa shape index (κ2) is 10.4. The van der Waals surface area contributed by atoms with Crippen LogP contribution in [0, 0.1) is 6.92 Å². The van der Waals surface area contributed by atoms with Crippen LogP contribution in [0.3, 0.4) is 0 Å². The van der Waals surface area contributed by atoms with Crippen molar-refractivity contribution in [2.45, 2.75) is 37.7 Å². The predicted octanol–water partition coefficient (Wildman–Crippen LogP) is 4.27. The summed E-state index contributed by atoms with van der Waals surface area (Å²) in [4.78, 5) is 13.1. The number of amides is 1. The third kappa shape index (κ3) is 5.43. The normalized spacial score (nSPS) is 15.3. The van der Waals surface area contributed by atoms with E-state index in [1.54, 1.807) is 42.5 Å². The molecular formula is C27H30N2O5S. The Hall–Kier alpha value is -3.52. The number of sulfonamides is 1. The van der Waals surface area contributed by atoms with Gasteiger partial charge in [0, 0.05) is 0 Å². The van der Waals surface area contributed by atoms with Crippen molar-refractivity contribution in [1.29, 1.82) is 0 Å². The Morgan fingerprint density at radius 1 is 1.09 bits per heavy atom. The first kappa shape index (κ1) is 24.6. The van der Waals surface area contributed by atoms with Gasteiger partial charge in [-0.1, -0.05) is 56.3 Å². The molecule has 0 saturated heterocycles. The largest absolute Gasteiger partial charge is 0.491 e. The summed E-state index contributed by atoms with van der Waals surface area (Å²) < 4.78 is 40.0. The number of rotatable bonds is 8. The predicted molar refractivity (Wildman–Crippen MR) is 136 cm³/mol. The Labute approximate surface area is 206 Å². The van der Waals surface area contributed by atoms with E-state index < -0.39 is 22.0 Å². The highest BCUT2D eigenvalue weighted by Gasteiger charge is 2.37. The van der Waals surface area contributed by atoms with Crippen LogP contribution < -0.4 is 19.1 Å². The van der Waals surface area contributed by atoms with Crippen molar-refractivity contribution in [1.82, 2.24) is 5.32 Å². The van der Waals surface area contributed by atoms with Gasteiger partial charge in [0.1, 0.15) is 18.1 Å². The van der Waals surface area contributed by atoms with Crippen LogP contribution >= 0.6 is 0 Å². The Kier molecular flexibility index (Phi) is 7.31. The quantitative estimate of drug-likeness (QED) is 0.473. The lowest BCUT2D eigenvalue weighted by molar-refractivity contribution is -0.127. The van der Waals surface area contributed by atoms with Crippen LogP contribution in [-0.2, 0) is 14.8 Å². The minimum absolute atomic E-state index is 0.128. The third-order valence-corrected chi connectivity index (χ3v) is 7.60. The van der Waals surface area contributed by atoms with Crippen LogP contribution in [0.25, 0.3) is 0 Å². The number of nitrogens with one attached hydrogen (secondary N) is 1. The van der Waals surface area contributed by atoms with Gasteiger partial charge in [-0.15, -0.1) is 0 Å². The lowest BCUT2D eigenvalue weighted by Gasteiger charge is -2.35. The molecular weight excluding hydrogens is 464 g/mol. The first-order chi connectivity index (χ1) is 16.8. The second-order valence-electron chi connectivity index (χ2n) is 8.76. The summed E-state index contributed by atoms with van der Waals surface area (Å²) in [6.45, 7) is 6.49. The van der Waals surface area contributed by atoms with Crippen LogP contribution in [-0.4, -0.2) is 40.1 Å². The van der Waals surface area contributed by atoms with Crippen LogP contribution in [0.15, 0.2) is 77.7 Å². The molecule has 4 rings (SSSR count). The van der Waals surface area contributed by atoms with E-state index in [1.165, 1.54) is 4.31 Å². The average Bonchev–Trinajstić information content (AvgIpc) is 2.86. The van der Waals surface area contributed by atoms with Crippen LogP contribution in [0.4, 0.5) is 5.69 Å². The molecule has 1 heterocycles. The average molecular weight is 495 g/mol. The first-order valence-corrected chi connectivity index (χ1v) is 13.1. The van der Waals surface area contributed by atoms with Gasteiger partial charge in [0.05, 0.1) is 23.7 Å². The van der Waals surface area contributed by atoms with Crippen molar-refractivity contribution in [3.8, 4) is 11.5 Å². The standard InChI is InChI=1S/C27H30N2O5S/c1-19(2)22-11-7-8-12-24(22)33-16-15-28-27(30)26-18-29(23-17-20(3)13-14-25(23)34-26)35(31,32)21-9-5-4-6-10-21/h4-14,17,19,26H,15-16,18H2,1-3H3,(H,28,30). The number of anilines is 1. The molecule has 1 aliphatic rings. The molecule has 1 N–H and O–H groups in total. The SMILES string of the molecule is Cc1ccc2c(c1)N(S(=O)(=O)c1ccccc1)CC(C(=O)NCCOc1ccccc1C(C)C)O2. The maximum Gasteiger partial charge on any atom is 0.264 e. The molecule has 184 valence electrons. The number of hydrogen-bond donors (Lipinski definition) is 1. The van der Waals surface area contributed by atoms with Crippen molar-refractivity contribution >= 4 is 21.6 Å². The van der Waals surface area contributed by atoms with Crippen molar-refractivity contribution < 1.29 is 22.7 Å². The second-order valence-corrected chi connectivity index (χ2v) is 10.6. The highest BCUT2D eigenvalue weighted by atomic mass is 32.2. The number of fused-ring (bicyclic) bond motifs is 1. The number of nitrogens with zero attached hydrogens (tertiary/aromatic N) is 1. The first-order valence-electron chi connectivity index (χ1n) is 11.6. The lowest BCUT2D eigenvalue weighted by Crippen LogP contribution is -2.51. The molecule has 0 spiro atoms. The fraction of sp³-hybridized carbons (Fsp3) is 0.296. The molecule has 0 fully saturated rings. The number of carbonyl (C=O) groups is 1. The van der Waals surface area contributed by atoms with Crippen LogP contribution in [0.5, 0.6) is 11.5 Å². The number of benzene rings is 3. The van der Waals surface area contributed by atoms with Crippen molar-refractivity contribution in [2.24, 2.45) is 0 Å². The molecule has 7 nitrogen and oxygen atoms in total. The molecule has 35 heavy (non-hydrogen) atoms. The maximum absolute atomic E-state index is 13.5. The zero-order valence-corrected chi connectivity index (χ0v) is 20.9. The summed E-state index contributed by atoms with van der Waals surface area (Å²) in [5, 5.41) is 2.81. The van der Waals surface area contributed by atoms with Gasteiger partial charge in [-0.25, -0.2) is 8.42 Å². The van der Waals surface area contributed by atoms with Gasteiger partial charge in [-0.2, -0.15) is 0 Å². The summed E-state index contributed by atoms with van der Waals surface area (Å²) in [5.41, 5.74) is 2.41. The van der Waals surface area contributed by atoms with Gasteiger partial charge in [0.25, 0.3) is 15.9 Å². The Bertz CT molecular complexity index is 1290. The molecule has 1 aliphatic heterocycles. The van der Waals surface area contributed by atoms with Gasteiger partial charge >= 0.3 is 0 Å². The monoisotopic (exact) mass is 494 g/mol. The molecule has 0 aromatic heterocycles. The lowest BCUT2D eigenvalue weighted by atomic mass is 10.0. The number of aryl methyl sites for hydroxylation is 1. The van der Waals surface area contributed by atoms with E-state index >= 15 is 0 Å². The van der Waals surface area contributed by atoms with E-state index in [2.05, 4.69) is 19.2 Å². The topological polar surface area (TPSA) is 84.9 Å². The highest BCUT2D eigenvalue weighted by Crippen LogP contribution is 2.37. The molecule has 1 atom stereocenters. The number of hydrogen-bond acceptors (Lipinski definition) is 5. The summed E-state index contributed by atoms with van der Waals surface area (Å²) in [7, 11) is -3.88. The van der Waals surface area contributed by atoms with E-state index in [-0.39, 0.29) is 24.6 Å². The fourth-order valence-electron chi connectivity index (χ4n) is 3.98. The molecule has 1 unspecified atom stereocenters. The van der Waals surface area contributed by atoms with E-state index in [1.807, 2.05) is 37.3 Å². The zero-order valence-electron chi connectivity index (χ0n) is 20.1. The summed E-state index contributed by atoms with van der Waals surface area (Å²) in [5.74, 6) is 1.06. The summed E-state index contributed by atoms with van der Waals surface area (Å²) in [6, 6.07) is 21.3. The van der Waals surface area contributed by atoms with Gasteiger partial charge < -0.3 is 14.8 Å². The van der Waals surface area contributed by atoms with Crippen LogP contribution in [0.2, 0.25) is 0 Å². The highest BCUT2D eigenvalue weighted by molar-refractivity contribution is 7.92. The molecule has 0 aliphatic carbocycles. The summed E-state index contributed by atoms with van der Waals surface area (Å²) >= 11 is 0. The van der Waals surface area contributed by atoms with Gasteiger partial charge in [-0.05, 0) is 54.3 Å². The molecule has 3 aromatic carbocycles. The van der Waals surface area contributed by atoms with Gasteiger partial charge in [-0.3, -0.25) is 9.10 Å². The Morgan fingerprint density at radius 2 is 1.80 bits per heavy atom. The zero-order chi connectivity index (χ0) is 25.0. The molecule has 0 bridgehead atoms. The van der Waals surface area contributed by atoms with Crippen molar-refractivity contribution in [3.05, 3.63) is 83.9 Å². The van der Waals surface area contributed by atoms with Gasteiger partial charge in [0.2, 0.25) is 0 Å². The minimum Gasteiger partial charge on any atom is -0.491 e. The third-order valence-electron chi connectivity index (χ3n) is 5.81. The van der Waals surface area contributed by atoms with E-state index in [4.69, 9.17) is 9.47 Å². The number of carbonyl (C=O) groups excluding carboxylic acids is 1. The molecule has 0 radical (unpaired) electrons. The Balaban J connectivity index is 1.47. The molecule has 0 saturated carbocycles. The number of ether oxygens (including phenoxy) is 2. The van der Waals surface area contributed by atoms with Gasteiger partial charge in [0.15, 0.2) is 6.10 Å². The molecule has 3 aromatic rings. The van der Waals surface area contributed by atoms with E-state index in [9.17, 15) is 13.2 Å². The fourth-order valence-corrected chi connectivity index (χ4v) is 5.47. The molecule has 8 heteroatoms. The molecule has 1 amide bonds. The van der Waals surface area contributed by atoms with Crippen molar-refractivity contribution in [3.63, 3.8) is 0 Å². The Morgan fingerprint density at radius 3 is 2.54 bits per heavy atom. The minimum atomic E-state index is -3.88. The van der Waals surface area contributed by atoms with E-state index in [0.717, 1.165) is 16.9 Å². The maximum atomic E-state index is 13.5.